The maximum absolute atomic E-state index is 5.88. The molecule has 0 aliphatic carbocycles. The fourth-order valence-electron chi connectivity index (χ4n) is 1.88. The number of halogens is 1. The van der Waals surface area contributed by atoms with E-state index in [-0.39, 0.29) is 0 Å². The van der Waals surface area contributed by atoms with E-state index in [0.29, 0.717) is 18.0 Å². The van der Waals surface area contributed by atoms with Crippen LogP contribution in [0.3, 0.4) is 0 Å². The van der Waals surface area contributed by atoms with E-state index in [1.165, 1.54) is 8.66 Å². The van der Waals surface area contributed by atoms with Crippen molar-refractivity contribution in [3.63, 3.8) is 0 Å². The molecule has 0 aromatic carbocycles. The average Bonchev–Trinajstić information content (AvgIpc) is 2.49. The summed E-state index contributed by atoms with van der Waals surface area (Å²) in [5, 5.41) is 0. The summed E-state index contributed by atoms with van der Waals surface area (Å²) in [5.41, 5.74) is 6.19. The summed E-state index contributed by atoms with van der Waals surface area (Å²) in [4.78, 5) is 3.68. The molecule has 1 heterocycles. The molecule has 0 radical (unpaired) electrons. The van der Waals surface area contributed by atoms with E-state index in [1.807, 2.05) is 0 Å². The second kappa shape index (κ2) is 5.63. The molecule has 2 nitrogen and oxygen atoms in total. The van der Waals surface area contributed by atoms with Gasteiger partial charge in [0.1, 0.15) is 0 Å². The van der Waals surface area contributed by atoms with Gasteiger partial charge in [0.05, 0.1) is 9.83 Å². The Morgan fingerprint density at radius 3 is 2.44 bits per heavy atom. The second-order valence-corrected chi connectivity index (χ2v) is 7.86. The number of nitrogens with zero attached hydrogens (tertiary/aromatic N) is 1. The van der Waals surface area contributed by atoms with Crippen molar-refractivity contribution in [3.8, 4) is 0 Å². The van der Waals surface area contributed by atoms with E-state index in [2.05, 4.69) is 60.8 Å². The molecule has 0 saturated carbocycles. The molecule has 4 heteroatoms. The molecule has 0 aliphatic heterocycles. The minimum atomic E-state index is 0.302. The number of rotatable bonds is 4. The van der Waals surface area contributed by atoms with Crippen LogP contribution >= 0.6 is 27.3 Å². The first-order valence-electron chi connectivity index (χ1n) is 5.49. The van der Waals surface area contributed by atoms with Crippen LogP contribution in [0.15, 0.2) is 15.9 Å². The summed E-state index contributed by atoms with van der Waals surface area (Å²) in [7, 11) is 2.15. The molecular weight excluding hydrogens is 284 g/mol. The zero-order valence-electron chi connectivity index (χ0n) is 10.5. The van der Waals surface area contributed by atoms with Crippen molar-refractivity contribution in [1.29, 1.82) is 0 Å². The molecular formula is C12H21BrN2S. The molecule has 1 aromatic heterocycles. The molecule has 16 heavy (non-hydrogen) atoms. The van der Waals surface area contributed by atoms with Gasteiger partial charge in [0, 0.05) is 18.0 Å². The molecule has 92 valence electrons. The Hall–Kier alpha value is 0.1000. The number of hydrogen-bond donors (Lipinski definition) is 1. The van der Waals surface area contributed by atoms with E-state index in [9.17, 15) is 0 Å². The van der Waals surface area contributed by atoms with E-state index in [0.717, 1.165) is 6.54 Å². The van der Waals surface area contributed by atoms with Crippen molar-refractivity contribution in [3.05, 3.63) is 20.8 Å². The summed E-state index contributed by atoms with van der Waals surface area (Å²) in [5.74, 6) is 0. The Bertz CT molecular complexity index is 330. The Morgan fingerprint density at radius 2 is 2.06 bits per heavy atom. The van der Waals surface area contributed by atoms with E-state index < -0.39 is 0 Å². The van der Waals surface area contributed by atoms with Gasteiger partial charge in [-0.2, -0.15) is 0 Å². The van der Waals surface area contributed by atoms with Gasteiger partial charge in [-0.15, -0.1) is 11.3 Å². The van der Waals surface area contributed by atoms with Crippen molar-refractivity contribution >= 4 is 27.3 Å². The van der Waals surface area contributed by atoms with E-state index in [4.69, 9.17) is 5.73 Å². The molecule has 0 amide bonds. The highest BCUT2D eigenvalue weighted by molar-refractivity contribution is 9.11. The SMILES string of the molecule is CN(CC(C)(C)C)C(CN)c1ccc(Br)s1. The lowest BCUT2D eigenvalue weighted by Crippen LogP contribution is -2.36. The van der Waals surface area contributed by atoms with Crippen LogP contribution in [-0.2, 0) is 0 Å². The maximum atomic E-state index is 5.88. The highest BCUT2D eigenvalue weighted by Gasteiger charge is 2.21. The highest BCUT2D eigenvalue weighted by Crippen LogP contribution is 2.31. The van der Waals surface area contributed by atoms with Crippen molar-refractivity contribution in [2.45, 2.75) is 26.8 Å². The minimum absolute atomic E-state index is 0.302. The van der Waals surface area contributed by atoms with Gasteiger partial charge >= 0.3 is 0 Å². The Kier molecular flexibility index (Phi) is 4.98. The molecule has 1 unspecified atom stereocenters. The predicted molar refractivity (Wildman–Crippen MR) is 75.9 cm³/mol. The first-order valence-corrected chi connectivity index (χ1v) is 7.10. The third-order valence-electron chi connectivity index (χ3n) is 2.40. The molecule has 1 rings (SSSR count). The topological polar surface area (TPSA) is 29.3 Å². The van der Waals surface area contributed by atoms with Gasteiger partial charge in [0.2, 0.25) is 0 Å². The fraction of sp³-hybridized carbons (Fsp3) is 0.667. The Morgan fingerprint density at radius 1 is 1.44 bits per heavy atom. The van der Waals surface area contributed by atoms with Gasteiger partial charge < -0.3 is 5.73 Å². The molecule has 2 N–H and O–H groups in total. The second-order valence-electron chi connectivity index (χ2n) is 5.37. The standard InChI is InChI=1S/C12H21BrN2S/c1-12(2,3)8-15(4)9(7-14)10-5-6-11(13)16-10/h5-6,9H,7-8,14H2,1-4H3. The molecule has 0 saturated heterocycles. The van der Waals surface area contributed by atoms with E-state index >= 15 is 0 Å². The molecule has 0 spiro atoms. The van der Waals surface area contributed by atoms with Crippen LogP contribution in [0.2, 0.25) is 0 Å². The van der Waals surface area contributed by atoms with Gasteiger partial charge in [-0.1, -0.05) is 20.8 Å². The van der Waals surface area contributed by atoms with Crippen molar-refractivity contribution in [2.75, 3.05) is 20.1 Å². The Labute approximate surface area is 111 Å². The van der Waals surface area contributed by atoms with Crippen LogP contribution in [0.25, 0.3) is 0 Å². The van der Waals surface area contributed by atoms with Gasteiger partial charge in [0.15, 0.2) is 0 Å². The van der Waals surface area contributed by atoms with Crippen LogP contribution in [-0.4, -0.2) is 25.0 Å². The fourth-order valence-corrected chi connectivity index (χ4v) is 3.48. The Balaban J connectivity index is 2.74. The van der Waals surface area contributed by atoms with Crippen molar-refractivity contribution < 1.29 is 0 Å². The molecule has 0 bridgehead atoms. The minimum Gasteiger partial charge on any atom is -0.329 e. The number of thiophene rings is 1. The summed E-state index contributed by atoms with van der Waals surface area (Å²) >= 11 is 5.27. The normalized spacial score (nSPS) is 14.4. The van der Waals surface area contributed by atoms with E-state index in [1.54, 1.807) is 11.3 Å². The monoisotopic (exact) mass is 304 g/mol. The quantitative estimate of drug-likeness (QED) is 0.922. The van der Waals surface area contributed by atoms with Crippen LogP contribution < -0.4 is 5.73 Å². The average molecular weight is 305 g/mol. The van der Waals surface area contributed by atoms with Gasteiger partial charge in [-0.25, -0.2) is 0 Å². The summed E-state index contributed by atoms with van der Waals surface area (Å²) in [6.45, 7) is 8.47. The van der Waals surface area contributed by atoms with Crippen LogP contribution in [0.4, 0.5) is 0 Å². The molecule has 1 atom stereocenters. The highest BCUT2D eigenvalue weighted by atomic mass is 79.9. The van der Waals surface area contributed by atoms with Crippen LogP contribution in [0.5, 0.6) is 0 Å². The maximum Gasteiger partial charge on any atom is 0.0702 e. The van der Waals surface area contributed by atoms with Gasteiger partial charge in [-0.05, 0) is 40.5 Å². The molecule has 0 aliphatic rings. The smallest absolute Gasteiger partial charge is 0.0702 e. The third-order valence-corrected chi connectivity index (χ3v) is 4.13. The summed E-state index contributed by atoms with van der Waals surface area (Å²) < 4.78 is 1.17. The molecule has 0 fully saturated rings. The molecule has 1 aromatic rings. The number of nitrogens with two attached hydrogens (primary N) is 1. The van der Waals surface area contributed by atoms with Gasteiger partial charge in [-0.3, -0.25) is 4.90 Å². The summed E-state index contributed by atoms with van der Waals surface area (Å²) in [6.07, 6.45) is 0. The lowest BCUT2D eigenvalue weighted by molar-refractivity contribution is 0.178. The lowest BCUT2D eigenvalue weighted by atomic mass is 9.95. The first kappa shape index (κ1) is 14.2. The largest absolute Gasteiger partial charge is 0.329 e. The van der Waals surface area contributed by atoms with Crippen LogP contribution in [0, 0.1) is 5.41 Å². The summed E-state index contributed by atoms with van der Waals surface area (Å²) in [6, 6.07) is 4.58. The zero-order valence-corrected chi connectivity index (χ0v) is 12.9. The number of hydrogen-bond acceptors (Lipinski definition) is 3. The van der Waals surface area contributed by atoms with Crippen LogP contribution in [0.1, 0.15) is 31.7 Å². The van der Waals surface area contributed by atoms with Crippen molar-refractivity contribution in [2.24, 2.45) is 11.1 Å². The first-order chi connectivity index (χ1) is 7.33. The third kappa shape index (κ3) is 4.17. The number of likely N-dealkylation sites (N-methyl/N-ethyl adjacent to an activating group) is 1. The predicted octanol–water partition coefficient (Wildman–Crippen LogP) is 3.49. The lowest BCUT2D eigenvalue weighted by Gasteiger charge is -2.32. The van der Waals surface area contributed by atoms with Crippen molar-refractivity contribution in [1.82, 2.24) is 4.90 Å². The van der Waals surface area contributed by atoms with Gasteiger partial charge in [0.25, 0.3) is 0 Å². The zero-order chi connectivity index (χ0) is 12.3.